The van der Waals surface area contributed by atoms with Gasteiger partial charge in [-0.2, -0.15) is 13.2 Å². The molecular formula is C11H19F3N2O3S. The fraction of sp³-hybridized carbons (Fsp3) is 0.909. The molecule has 0 heterocycles. The number of hydrogen-bond donors (Lipinski definition) is 2. The lowest BCUT2D eigenvalue weighted by Gasteiger charge is -2.26. The molecule has 2 N–H and O–H groups in total. The number of carbonyl (C=O) groups excluding carboxylic acids is 1. The SMILES string of the molecule is CC1CCC(NS(=O)(=O)CC(=O)NCC(F)(F)F)CC1. The molecular weight excluding hydrogens is 297 g/mol. The summed E-state index contributed by atoms with van der Waals surface area (Å²) >= 11 is 0. The summed E-state index contributed by atoms with van der Waals surface area (Å²) in [6, 6.07) is -0.230. The number of halogens is 3. The highest BCUT2D eigenvalue weighted by molar-refractivity contribution is 7.90. The summed E-state index contributed by atoms with van der Waals surface area (Å²) in [6.45, 7) is 0.553. The van der Waals surface area contributed by atoms with E-state index >= 15 is 0 Å². The Morgan fingerprint density at radius 3 is 2.25 bits per heavy atom. The van der Waals surface area contributed by atoms with Gasteiger partial charge in [-0.05, 0) is 31.6 Å². The third-order valence-electron chi connectivity index (χ3n) is 3.17. The van der Waals surface area contributed by atoms with Gasteiger partial charge >= 0.3 is 6.18 Å². The molecule has 0 bridgehead atoms. The zero-order chi connectivity index (χ0) is 15.4. The van der Waals surface area contributed by atoms with Crippen molar-refractivity contribution >= 4 is 15.9 Å². The second-order valence-electron chi connectivity index (χ2n) is 5.23. The van der Waals surface area contributed by atoms with Gasteiger partial charge in [0, 0.05) is 6.04 Å². The summed E-state index contributed by atoms with van der Waals surface area (Å²) in [5.41, 5.74) is 0. The summed E-state index contributed by atoms with van der Waals surface area (Å²) in [6.07, 6.45) is -1.39. The van der Waals surface area contributed by atoms with Gasteiger partial charge in [-0.25, -0.2) is 13.1 Å². The number of sulfonamides is 1. The first-order valence-corrected chi connectivity index (χ1v) is 8.06. The summed E-state index contributed by atoms with van der Waals surface area (Å²) in [7, 11) is -3.89. The normalized spacial score (nSPS) is 24.4. The van der Waals surface area contributed by atoms with Crippen molar-refractivity contribution in [3.8, 4) is 0 Å². The minimum absolute atomic E-state index is 0.230. The van der Waals surface area contributed by atoms with Crippen LogP contribution in [0.5, 0.6) is 0 Å². The Hall–Kier alpha value is -0.830. The molecule has 9 heteroatoms. The van der Waals surface area contributed by atoms with Gasteiger partial charge in [0.15, 0.2) is 0 Å². The van der Waals surface area contributed by atoms with Crippen LogP contribution in [0.15, 0.2) is 0 Å². The lowest BCUT2D eigenvalue weighted by molar-refractivity contribution is -0.137. The van der Waals surface area contributed by atoms with Crippen LogP contribution in [0.4, 0.5) is 13.2 Å². The lowest BCUT2D eigenvalue weighted by Crippen LogP contribution is -2.44. The molecule has 1 aliphatic rings. The number of nitrogens with one attached hydrogen (secondary N) is 2. The molecule has 1 fully saturated rings. The number of alkyl halides is 3. The van der Waals surface area contributed by atoms with Gasteiger partial charge in [-0.15, -0.1) is 0 Å². The maximum atomic E-state index is 11.9. The molecule has 0 radical (unpaired) electrons. The second-order valence-corrected chi connectivity index (χ2v) is 6.98. The van der Waals surface area contributed by atoms with Gasteiger partial charge in [0.05, 0.1) is 0 Å². The van der Waals surface area contributed by atoms with Crippen LogP contribution < -0.4 is 10.0 Å². The first-order chi connectivity index (χ1) is 9.07. The average Bonchev–Trinajstić information content (AvgIpc) is 2.28. The fourth-order valence-electron chi connectivity index (χ4n) is 2.10. The largest absolute Gasteiger partial charge is 0.405 e. The van der Waals surface area contributed by atoms with E-state index < -0.39 is 34.4 Å². The van der Waals surface area contributed by atoms with Gasteiger partial charge in [0.25, 0.3) is 0 Å². The molecule has 0 spiro atoms. The lowest BCUT2D eigenvalue weighted by atomic mass is 9.88. The molecule has 0 atom stereocenters. The molecule has 118 valence electrons. The molecule has 0 saturated heterocycles. The maximum Gasteiger partial charge on any atom is 0.405 e. The highest BCUT2D eigenvalue weighted by Crippen LogP contribution is 2.23. The fourth-order valence-corrected chi connectivity index (χ4v) is 3.37. The van der Waals surface area contributed by atoms with Crippen LogP contribution >= 0.6 is 0 Å². The Morgan fingerprint density at radius 1 is 1.20 bits per heavy atom. The smallest absolute Gasteiger partial charge is 0.346 e. The van der Waals surface area contributed by atoms with Gasteiger partial charge < -0.3 is 5.32 Å². The molecule has 1 amide bonds. The predicted molar refractivity (Wildman–Crippen MR) is 67.4 cm³/mol. The number of rotatable bonds is 5. The second kappa shape index (κ2) is 6.75. The van der Waals surface area contributed by atoms with E-state index in [1.165, 1.54) is 5.32 Å². The standard InChI is InChI=1S/C11H19F3N2O3S/c1-8-2-4-9(5-3-8)16-20(18,19)6-10(17)15-7-11(12,13)14/h8-9,16H,2-7H2,1H3,(H,15,17). The highest BCUT2D eigenvalue weighted by Gasteiger charge is 2.29. The van der Waals surface area contributed by atoms with E-state index in [2.05, 4.69) is 11.6 Å². The van der Waals surface area contributed by atoms with Crippen molar-refractivity contribution in [3.63, 3.8) is 0 Å². The Kier molecular flexibility index (Phi) is 5.81. The molecule has 20 heavy (non-hydrogen) atoms. The summed E-state index contributed by atoms with van der Waals surface area (Å²) in [5.74, 6) is -1.58. The molecule has 0 unspecified atom stereocenters. The minimum atomic E-state index is -4.55. The summed E-state index contributed by atoms with van der Waals surface area (Å²) in [4.78, 5) is 11.2. The van der Waals surface area contributed by atoms with Crippen molar-refractivity contribution in [1.29, 1.82) is 0 Å². The third-order valence-corrected chi connectivity index (χ3v) is 4.50. The predicted octanol–water partition coefficient (Wildman–Crippen LogP) is 1.16. The average molecular weight is 316 g/mol. The van der Waals surface area contributed by atoms with Crippen LogP contribution in [0, 0.1) is 5.92 Å². The van der Waals surface area contributed by atoms with E-state index in [0.717, 1.165) is 12.8 Å². The zero-order valence-electron chi connectivity index (χ0n) is 11.2. The van der Waals surface area contributed by atoms with E-state index in [1.54, 1.807) is 0 Å². The molecule has 1 saturated carbocycles. The first kappa shape index (κ1) is 17.2. The Labute approximate surface area is 116 Å². The van der Waals surface area contributed by atoms with Crippen molar-refractivity contribution < 1.29 is 26.4 Å². The van der Waals surface area contributed by atoms with Crippen molar-refractivity contribution in [3.05, 3.63) is 0 Å². The molecule has 0 aliphatic heterocycles. The molecule has 1 aliphatic carbocycles. The quantitative estimate of drug-likeness (QED) is 0.799. The number of hydrogen-bond acceptors (Lipinski definition) is 3. The molecule has 0 aromatic heterocycles. The molecule has 0 aromatic carbocycles. The molecule has 0 aromatic rings. The van der Waals surface area contributed by atoms with E-state index in [9.17, 15) is 26.4 Å². The van der Waals surface area contributed by atoms with Crippen LogP contribution in [0.25, 0.3) is 0 Å². The summed E-state index contributed by atoms with van der Waals surface area (Å²) < 4.78 is 61.3. The minimum Gasteiger partial charge on any atom is -0.346 e. The molecule has 5 nitrogen and oxygen atoms in total. The number of amides is 1. The monoisotopic (exact) mass is 316 g/mol. The van der Waals surface area contributed by atoms with Crippen molar-refractivity contribution in [2.24, 2.45) is 5.92 Å². The van der Waals surface area contributed by atoms with E-state index in [0.29, 0.717) is 18.8 Å². The topological polar surface area (TPSA) is 75.3 Å². The van der Waals surface area contributed by atoms with Gasteiger partial charge in [0.2, 0.25) is 15.9 Å². The van der Waals surface area contributed by atoms with Crippen molar-refractivity contribution in [2.75, 3.05) is 12.3 Å². The van der Waals surface area contributed by atoms with Gasteiger partial charge in [-0.1, -0.05) is 6.92 Å². The Bertz CT molecular complexity index is 429. The number of carbonyl (C=O) groups is 1. The molecule has 1 rings (SSSR count). The van der Waals surface area contributed by atoms with Gasteiger partial charge in [-0.3, -0.25) is 4.79 Å². The van der Waals surface area contributed by atoms with Crippen LogP contribution in [0.2, 0.25) is 0 Å². The van der Waals surface area contributed by atoms with Crippen molar-refractivity contribution in [1.82, 2.24) is 10.0 Å². The van der Waals surface area contributed by atoms with E-state index in [-0.39, 0.29) is 6.04 Å². The van der Waals surface area contributed by atoms with Crippen LogP contribution in [-0.4, -0.2) is 38.8 Å². The van der Waals surface area contributed by atoms with E-state index in [4.69, 9.17) is 0 Å². The van der Waals surface area contributed by atoms with Gasteiger partial charge in [0.1, 0.15) is 12.3 Å². The van der Waals surface area contributed by atoms with Crippen LogP contribution in [0.1, 0.15) is 32.6 Å². The van der Waals surface area contributed by atoms with E-state index in [1.807, 2.05) is 0 Å². The Morgan fingerprint density at radius 2 is 1.75 bits per heavy atom. The highest BCUT2D eigenvalue weighted by atomic mass is 32.2. The summed E-state index contributed by atoms with van der Waals surface area (Å²) in [5, 5.41) is 1.54. The third kappa shape index (κ3) is 7.09. The Balaban J connectivity index is 2.39. The zero-order valence-corrected chi connectivity index (χ0v) is 12.0. The van der Waals surface area contributed by atoms with Crippen LogP contribution in [-0.2, 0) is 14.8 Å². The first-order valence-electron chi connectivity index (χ1n) is 6.41. The maximum absolute atomic E-state index is 11.9. The van der Waals surface area contributed by atoms with Crippen molar-refractivity contribution in [2.45, 2.75) is 44.8 Å². The van der Waals surface area contributed by atoms with Crippen LogP contribution in [0.3, 0.4) is 0 Å².